The van der Waals surface area contributed by atoms with Crippen LogP contribution in [0.2, 0.25) is 0 Å². The van der Waals surface area contributed by atoms with Crippen molar-refractivity contribution < 1.29 is 37.3 Å². The molecule has 3 unspecified atom stereocenters. The van der Waals surface area contributed by atoms with Crippen molar-refractivity contribution in [2.45, 2.75) is 277 Å². The Hall–Kier alpha value is -3.33. The normalized spacial score (nSPS) is 14.4. The maximum absolute atomic E-state index is 13.5. The van der Waals surface area contributed by atoms with E-state index in [9.17, 15) is 19.0 Å². The molecule has 0 saturated heterocycles. The highest BCUT2D eigenvalue weighted by molar-refractivity contribution is 7.47. The number of hydrogen-bond acceptors (Lipinski definition) is 6. The van der Waals surface area contributed by atoms with Crippen molar-refractivity contribution in [3.8, 4) is 0 Å². The second-order valence-corrected chi connectivity index (χ2v) is 24.0. The molecule has 9 nitrogen and oxygen atoms in total. The van der Waals surface area contributed by atoms with Crippen LogP contribution in [0.15, 0.2) is 109 Å². The minimum Gasteiger partial charge on any atom is -0.456 e. The van der Waals surface area contributed by atoms with Crippen molar-refractivity contribution in [2.24, 2.45) is 0 Å². The highest BCUT2D eigenvalue weighted by Crippen LogP contribution is 2.43. The lowest BCUT2D eigenvalue weighted by Gasteiger charge is -2.27. The second-order valence-electron chi connectivity index (χ2n) is 22.5. The molecule has 0 bridgehead atoms. The monoisotopic (exact) mass is 1120 g/mol. The third-order valence-electron chi connectivity index (χ3n) is 13.7. The number of hydrogen-bond donors (Lipinski definition) is 2. The van der Waals surface area contributed by atoms with E-state index >= 15 is 0 Å². The van der Waals surface area contributed by atoms with Crippen LogP contribution in [0.1, 0.15) is 265 Å². The number of likely N-dealkylation sites (N-methyl/N-ethyl adjacent to an activating group) is 1. The summed E-state index contributed by atoms with van der Waals surface area (Å²) in [5.74, 6) is -0.531. The first-order valence-electron chi connectivity index (χ1n) is 32.2. The maximum Gasteiger partial charge on any atom is 0.472 e. The lowest BCUT2D eigenvalue weighted by molar-refractivity contribution is -0.870. The number of ether oxygens (including phenoxy) is 1. The average molecular weight is 1120 g/mol. The summed E-state index contributed by atoms with van der Waals surface area (Å²) in [4.78, 5) is 37.8. The van der Waals surface area contributed by atoms with Crippen LogP contribution in [0.25, 0.3) is 0 Å². The number of unbranched alkanes of at least 4 members (excludes halogenated alkanes) is 25. The summed E-state index contributed by atoms with van der Waals surface area (Å²) in [6, 6.07) is -0.864. The van der Waals surface area contributed by atoms with E-state index in [1.54, 1.807) is 0 Å². The lowest BCUT2D eigenvalue weighted by atomic mass is 10.0. The molecule has 0 fully saturated rings. The van der Waals surface area contributed by atoms with Gasteiger partial charge in [-0.2, -0.15) is 0 Å². The number of quaternary nitrogens is 1. The van der Waals surface area contributed by atoms with Gasteiger partial charge in [0.1, 0.15) is 19.3 Å². The molecule has 0 aliphatic carbocycles. The van der Waals surface area contributed by atoms with Gasteiger partial charge in [-0.15, -0.1) is 0 Å². The lowest BCUT2D eigenvalue weighted by Crippen LogP contribution is -2.47. The number of amides is 1. The zero-order valence-corrected chi connectivity index (χ0v) is 52.7. The van der Waals surface area contributed by atoms with Gasteiger partial charge in [0.2, 0.25) is 5.91 Å². The fraction of sp³-hybridized carbons (Fsp3) is 0.710. The molecule has 3 atom stereocenters. The Kier molecular flexibility index (Phi) is 55.4. The Bertz CT molecular complexity index is 1720. The number of carbonyl (C=O) groups is 2. The molecule has 1 amide bonds. The molecule has 0 saturated carbocycles. The van der Waals surface area contributed by atoms with E-state index in [0.717, 1.165) is 148 Å². The molecule has 0 aromatic carbocycles. The number of carbonyl (C=O) groups excluding carboxylic acids is 2. The van der Waals surface area contributed by atoms with Crippen LogP contribution in [0.3, 0.4) is 0 Å². The van der Waals surface area contributed by atoms with E-state index in [-0.39, 0.29) is 31.5 Å². The molecule has 0 spiro atoms. The molecular formula is C69H122N2O7P+. The average Bonchev–Trinajstić information content (AvgIpc) is 3.41. The quantitative estimate of drug-likeness (QED) is 0.0205. The van der Waals surface area contributed by atoms with Gasteiger partial charge in [-0.25, -0.2) is 4.57 Å². The summed E-state index contributed by atoms with van der Waals surface area (Å²) in [5, 5.41) is 3.05. The fourth-order valence-corrected chi connectivity index (χ4v) is 9.54. The second kappa shape index (κ2) is 57.9. The van der Waals surface area contributed by atoms with Gasteiger partial charge in [0.05, 0.1) is 33.8 Å². The summed E-state index contributed by atoms with van der Waals surface area (Å²) in [6.07, 6.45) is 79.4. The molecule has 0 heterocycles. The molecule has 0 radical (unpaired) electrons. The Morgan fingerprint density at radius 3 is 1.22 bits per heavy atom. The predicted octanol–water partition coefficient (Wildman–Crippen LogP) is 20.1. The first kappa shape index (κ1) is 75.7. The molecule has 0 aliphatic rings. The van der Waals surface area contributed by atoms with Crippen LogP contribution in [0.4, 0.5) is 0 Å². The van der Waals surface area contributed by atoms with Crippen LogP contribution in [0, 0.1) is 0 Å². The molecule has 2 N–H and O–H groups in total. The zero-order valence-electron chi connectivity index (χ0n) is 51.8. The SMILES string of the molecule is CC/C=C\C/C=C\C/C=C\C/C=C\C/C=C\CCCCCCCCCCCC(=O)OC(/C=C\CCCCCCCCCCCC)C(COP(=O)(O)OCC[N+](C)(C)C)NC(=O)CCCCCCCC/C=C/C/C=C/C/C=C/CC. The molecule has 0 aromatic heterocycles. The third kappa shape index (κ3) is 59.1. The number of phosphoric acid groups is 1. The topological polar surface area (TPSA) is 111 Å². The minimum atomic E-state index is -4.46. The van der Waals surface area contributed by atoms with Gasteiger partial charge >= 0.3 is 13.8 Å². The standard InChI is InChI=1S/C69H121N2O7P/c1-7-10-13-16-19-22-25-28-30-32-33-34-35-36-37-38-39-40-42-44-47-50-53-56-59-62-69(73)78-67(60-57-54-51-48-45-27-24-21-18-15-12-9-3)66(65-77-79(74,75)76-64-63-71(4,5)6)70-68(72)61-58-55-52-49-46-43-41-31-29-26-23-20-17-14-11-8-2/h10-11,13-14,19-20,22-23,28-31,33-34,36-37,57,60,66-67H,7-9,12,15-18,21,24-27,32,35,38-56,58-59,61-65H2,1-6H3,(H-,70,72,74,75)/p+1/b13-10-,14-11+,22-19-,23-20+,30-28-,31-29+,34-33-,37-36-,60-57-. The van der Waals surface area contributed by atoms with E-state index in [1.165, 1.54) is 83.5 Å². The largest absolute Gasteiger partial charge is 0.472 e. The molecule has 0 aliphatic heterocycles. The fourth-order valence-electron chi connectivity index (χ4n) is 8.80. The van der Waals surface area contributed by atoms with Crippen molar-refractivity contribution >= 4 is 19.7 Å². The van der Waals surface area contributed by atoms with Gasteiger partial charge in [-0.05, 0) is 109 Å². The molecular weight excluding hydrogens is 1000 g/mol. The summed E-state index contributed by atoms with van der Waals surface area (Å²) in [5.41, 5.74) is 0. The first-order chi connectivity index (χ1) is 38.4. The number of phosphoric ester groups is 1. The number of esters is 1. The first-order valence-corrected chi connectivity index (χ1v) is 33.7. The van der Waals surface area contributed by atoms with Crippen LogP contribution < -0.4 is 5.32 Å². The number of nitrogens with zero attached hydrogens (tertiary/aromatic N) is 1. The van der Waals surface area contributed by atoms with Crippen molar-refractivity contribution in [3.05, 3.63) is 109 Å². The van der Waals surface area contributed by atoms with Gasteiger partial charge in [0, 0.05) is 12.8 Å². The summed E-state index contributed by atoms with van der Waals surface area (Å²) >= 11 is 0. The van der Waals surface area contributed by atoms with E-state index in [0.29, 0.717) is 17.4 Å². The summed E-state index contributed by atoms with van der Waals surface area (Å²) in [6.45, 7) is 6.77. The van der Waals surface area contributed by atoms with E-state index in [2.05, 4.69) is 123 Å². The molecule has 10 heteroatoms. The van der Waals surface area contributed by atoms with E-state index in [1.807, 2.05) is 33.3 Å². The molecule has 0 aromatic rings. The highest BCUT2D eigenvalue weighted by atomic mass is 31.2. The number of nitrogens with one attached hydrogen (secondary N) is 1. The predicted molar refractivity (Wildman–Crippen MR) is 341 cm³/mol. The van der Waals surface area contributed by atoms with Gasteiger partial charge in [0.25, 0.3) is 0 Å². The third-order valence-corrected chi connectivity index (χ3v) is 14.7. The van der Waals surface area contributed by atoms with Crippen molar-refractivity contribution in [2.75, 3.05) is 40.9 Å². The van der Waals surface area contributed by atoms with Gasteiger partial charge in [-0.1, -0.05) is 252 Å². The smallest absolute Gasteiger partial charge is 0.456 e. The summed E-state index contributed by atoms with van der Waals surface area (Å²) in [7, 11) is 1.47. The molecule has 454 valence electrons. The van der Waals surface area contributed by atoms with Crippen molar-refractivity contribution in [3.63, 3.8) is 0 Å². The highest BCUT2D eigenvalue weighted by Gasteiger charge is 2.30. The van der Waals surface area contributed by atoms with Crippen molar-refractivity contribution in [1.29, 1.82) is 0 Å². The Morgan fingerprint density at radius 2 is 0.810 bits per heavy atom. The number of rotatable bonds is 57. The van der Waals surface area contributed by atoms with Crippen LogP contribution in [0.5, 0.6) is 0 Å². The molecule has 0 rings (SSSR count). The van der Waals surface area contributed by atoms with Gasteiger partial charge in [-0.3, -0.25) is 18.6 Å². The van der Waals surface area contributed by atoms with E-state index in [4.69, 9.17) is 13.8 Å². The van der Waals surface area contributed by atoms with Crippen LogP contribution >= 0.6 is 7.82 Å². The Balaban J connectivity index is 5.18. The van der Waals surface area contributed by atoms with Crippen molar-refractivity contribution in [1.82, 2.24) is 5.32 Å². The summed E-state index contributed by atoms with van der Waals surface area (Å²) < 4.78 is 30.7. The van der Waals surface area contributed by atoms with Crippen LogP contribution in [-0.2, 0) is 27.9 Å². The van der Waals surface area contributed by atoms with Gasteiger partial charge in [0.15, 0.2) is 0 Å². The Morgan fingerprint density at radius 1 is 0.456 bits per heavy atom. The maximum atomic E-state index is 13.5. The number of allylic oxidation sites excluding steroid dienone is 17. The molecule has 79 heavy (non-hydrogen) atoms. The Labute approximate surface area is 487 Å². The van der Waals surface area contributed by atoms with E-state index < -0.39 is 20.0 Å². The minimum absolute atomic E-state index is 0.0314. The van der Waals surface area contributed by atoms with Gasteiger partial charge < -0.3 is 19.4 Å². The van der Waals surface area contributed by atoms with Crippen LogP contribution in [-0.4, -0.2) is 74.3 Å². The zero-order chi connectivity index (χ0) is 57.9.